The Morgan fingerprint density at radius 2 is 2.10 bits per heavy atom. The van der Waals surface area contributed by atoms with Crippen LogP contribution in [0, 0.1) is 0 Å². The molecule has 0 radical (unpaired) electrons. The smallest absolute Gasteiger partial charge is 0.276 e. The van der Waals surface area contributed by atoms with Crippen LogP contribution >= 0.6 is 0 Å². The molecule has 1 N–H and O–H groups in total. The van der Waals surface area contributed by atoms with Gasteiger partial charge in [0.25, 0.3) is 5.91 Å². The minimum absolute atomic E-state index is 0.142. The van der Waals surface area contributed by atoms with Crippen molar-refractivity contribution in [1.29, 1.82) is 0 Å². The molecule has 0 bridgehead atoms. The summed E-state index contributed by atoms with van der Waals surface area (Å²) in [4.78, 5) is 27.4. The number of hydrogen-bond acceptors (Lipinski definition) is 5. The van der Waals surface area contributed by atoms with Gasteiger partial charge in [0.2, 0.25) is 5.91 Å². The van der Waals surface area contributed by atoms with Gasteiger partial charge in [-0.3, -0.25) is 9.59 Å². The van der Waals surface area contributed by atoms with Crippen molar-refractivity contribution in [2.75, 3.05) is 11.9 Å². The van der Waals surface area contributed by atoms with Gasteiger partial charge in [-0.05, 0) is 37.1 Å². The molecule has 150 valence electrons. The first-order valence-corrected chi connectivity index (χ1v) is 9.71. The maximum atomic E-state index is 12.9. The molecule has 0 aliphatic carbocycles. The zero-order chi connectivity index (χ0) is 20.4. The molecule has 8 nitrogen and oxygen atoms in total. The second-order valence-electron chi connectivity index (χ2n) is 7.42. The van der Waals surface area contributed by atoms with Crippen LogP contribution in [0.1, 0.15) is 48.9 Å². The lowest BCUT2D eigenvalue weighted by atomic mass is 10.1. The molecule has 1 aromatic carbocycles. The molecule has 3 aromatic rings. The number of nitrogens with one attached hydrogen (secondary N) is 1. The number of benzene rings is 1. The molecule has 8 heteroatoms. The van der Waals surface area contributed by atoms with E-state index in [1.807, 2.05) is 50.4 Å². The predicted octanol–water partition coefficient (Wildman–Crippen LogP) is 3.23. The molecular weight excluding hydrogens is 370 g/mol. The van der Waals surface area contributed by atoms with Gasteiger partial charge in [-0.1, -0.05) is 25.1 Å². The van der Waals surface area contributed by atoms with Crippen molar-refractivity contribution in [3.63, 3.8) is 0 Å². The number of carbonyl (C=O) groups is 2. The summed E-state index contributed by atoms with van der Waals surface area (Å²) >= 11 is 0. The molecular formula is C21H23N5O3. The summed E-state index contributed by atoms with van der Waals surface area (Å²) in [6, 6.07) is 10.4. The minimum atomic E-state index is -0.532. The van der Waals surface area contributed by atoms with Gasteiger partial charge in [0, 0.05) is 36.6 Å². The Bertz CT molecular complexity index is 1010. The van der Waals surface area contributed by atoms with E-state index in [1.54, 1.807) is 21.8 Å². The van der Waals surface area contributed by atoms with Crippen LogP contribution in [0.15, 0.2) is 53.3 Å². The first-order chi connectivity index (χ1) is 14.0. The van der Waals surface area contributed by atoms with E-state index in [0.29, 0.717) is 24.4 Å². The first-order valence-electron chi connectivity index (χ1n) is 9.71. The number of aromatic nitrogens is 3. The third-order valence-corrected chi connectivity index (χ3v) is 5.02. The Kier molecular flexibility index (Phi) is 5.16. The van der Waals surface area contributed by atoms with Gasteiger partial charge in [0.1, 0.15) is 11.8 Å². The lowest BCUT2D eigenvalue weighted by Crippen LogP contribution is -2.43. The lowest BCUT2D eigenvalue weighted by Gasteiger charge is -2.23. The normalized spacial score (nSPS) is 16.4. The average molecular weight is 393 g/mol. The van der Waals surface area contributed by atoms with Gasteiger partial charge >= 0.3 is 0 Å². The van der Waals surface area contributed by atoms with Crippen LogP contribution in [0.3, 0.4) is 0 Å². The first kappa shape index (κ1) is 18.9. The Labute approximate surface area is 168 Å². The highest BCUT2D eigenvalue weighted by atomic mass is 16.5. The summed E-state index contributed by atoms with van der Waals surface area (Å²) in [5, 5.41) is 11.0. The van der Waals surface area contributed by atoms with E-state index >= 15 is 0 Å². The van der Waals surface area contributed by atoms with Crippen molar-refractivity contribution in [3.05, 3.63) is 60.2 Å². The summed E-state index contributed by atoms with van der Waals surface area (Å²) in [5.41, 5.74) is 1.75. The fraction of sp³-hybridized carbons (Fsp3) is 0.333. The second kappa shape index (κ2) is 7.90. The number of anilines is 1. The molecule has 4 rings (SSSR count). The van der Waals surface area contributed by atoms with E-state index in [1.165, 1.54) is 0 Å². The maximum absolute atomic E-state index is 12.9. The molecule has 3 heterocycles. The van der Waals surface area contributed by atoms with Crippen molar-refractivity contribution in [1.82, 2.24) is 19.8 Å². The molecule has 1 atom stereocenters. The predicted molar refractivity (Wildman–Crippen MR) is 107 cm³/mol. The average Bonchev–Trinajstić information content (AvgIpc) is 3.49. The quantitative estimate of drug-likeness (QED) is 0.718. The molecule has 0 spiro atoms. The Balaban J connectivity index is 1.48. The topological polar surface area (TPSA) is 93.3 Å². The van der Waals surface area contributed by atoms with Crippen LogP contribution < -0.4 is 5.32 Å². The fourth-order valence-corrected chi connectivity index (χ4v) is 3.46. The van der Waals surface area contributed by atoms with Crippen LogP contribution in [-0.4, -0.2) is 44.2 Å². The third kappa shape index (κ3) is 3.91. The Morgan fingerprint density at radius 3 is 2.83 bits per heavy atom. The van der Waals surface area contributed by atoms with E-state index in [2.05, 4.69) is 15.6 Å². The Morgan fingerprint density at radius 1 is 1.24 bits per heavy atom. The monoisotopic (exact) mass is 393 g/mol. The van der Waals surface area contributed by atoms with Crippen LogP contribution in [0.25, 0.3) is 5.69 Å². The summed E-state index contributed by atoms with van der Waals surface area (Å²) in [7, 11) is 0. The van der Waals surface area contributed by atoms with Crippen molar-refractivity contribution < 1.29 is 14.1 Å². The molecule has 29 heavy (non-hydrogen) atoms. The molecule has 0 unspecified atom stereocenters. The van der Waals surface area contributed by atoms with Gasteiger partial charge < -0.3 is 14.7 Å². The summed E-state index contributed by atoms with van der Waals surface area (Å²) in [5.74, 6) is 0.317. The molecule has 0 saturated carbocycles. The number of hydrogen-bond donors (Lipinski definition) is 1. The van der Waals surface area contributed by atoms with E-state index in [4.69, 9.17) is 4.52 Å². The van der Waals surface area contributed by atoms with Crippen molar-refractivity contribution in [2.45, 2.75) is 38.6 Å². The van der Waals surface area contributed by atoms with Gasteiger partial charge in [-0.15, -0.1) is 0 Å². The fourth-order valence-electron chi connectivity index (χ4n) is 3.46. The van der Waals surface area contributed by atoms with Crippen LogP contribution in [0.5, 0.6) is 0 Å². The molecule has 1 aliphatic rings. The summed E-state index contributed by atoms with van der Waals surface area (Å²) in [6.45, 7) is 4.46. The number of nitrogens with zero attached hydrogens (tertiary/aromatic N) is 4. The maximum Gasteiger partial charge on any atom is 0.276 e. The second-order valence-corrected chi connectivity index (χ2v) is 7.42. The minimum Gasteiger partial charge on any atom is -0.360 e. The number of rotatable bonds is 5. The van der Waals surface area contributed by atoms with Gasteiger partial charge in [0.05, 0.1) is 5.69 Å². The van der Waals surface area contributed by atoms with Crippen molar-refractivity contribution in [2.24, 2.45) is 0 Å². The van der Waals surface area contributed by atoms with Crippen LogP contribution in [-0.2, 0) is 4.79 Å². The Hall–Kier alpha value is -3.42. The molecule has 1 aliphatic heterocycles. The largest absolute Gasteiger partial charge is 0.360 e. The number of amides is 2. The van der Waals surface area contributed by atoms with Crippen molar-refractivity contribution >= 4 is 17.5 Å². The number of likely N-dealkylation sites (tertiary alicyclic amines) is 1. The molecule has 1 fully saturated rings. The zero-order valence-electron chi connectivity index (χ0n) is 16.4. The lowest BCUT2D eigenvalue weighted by molar-refractivity contribution is -0.119. The third-order valence-electron chi connectivity index (χ3n) is 5.02. The standard InChI is InChI=1S/C21H23N5O3/c1-14(2)19-13-17(24-29-19)21(28)25-10-4-8-18(25)20(27)23-15-6-3-7-16(12-15)26-11-5-9-22-26/h3,5-7,9,11-14,18H,4,8,10H2,1-2H3,(H,23,27)/t18-/m0/s1. The van der Waals surface area contributed by atoms with Crippen LogP contribution in [0.2, 0.25) is 0 Å². The van der Waals surface area contributed by atoms with Gasteiger partial charge in [-0.2, -0.15) is 5.10 Å². The summed E-state index contributed by atoms with van der Waals surface area (Å²) < 4.78 is 6.96. The highest BCUT2D eigenvalue weighted by Crippen LogP contribution is 2.24. The highest BCUT2D eigenvalue weighted by Gasteiger charge is 2.36. The van der Waals surface area contributed by atoms with Gasteiger partial charge in [0.15, 0.2) is 5.69 Å². The van der Waals surface area contributed by atoms with Gasteiger partial charge in [-0.25, -0.2) is 4.68 Å². The van der Waals surface area contributed by atoms with Crippen LogP contribution in [0.4, 0.5) is 5.69 Å². The van der Waals surface area contributed by atoms with E-state index in [9.17, 15) is 9.59 Å². The zero-order valence-corrected chi connectivity index (χ0v) is 16.4. The van der Waals surface area contributed by atoms with E-state index < -0.39 is 6.04 Å². The SMILES string of the molecule is CC(C)c1cc(C(=O)N2CCC[C@H]2C(=O)Nc2cccc(-n3cccn3)c2)no1. The molecule has 1 saturated heterocycles. The van der Waals surface area contributed by atoms with E-state index in [0.717, 1.165) is 12.1 Å². The van der Waals surface area contributed by atoms with E-state index in [-0.39, 0.29) is 23.4 Å². The number of carbonyl (C=O) groups excluding carboxylic acids is 2. The highest BCUT2D eigenvalue weighted by molar-refractivity contribution is 6.00. The molecule has 2 aromatic heterocycles. The van der Waals surface area contributed by atoms with Crippen molar-refractivity contribution in [3.8, 4) is 5.69 Å². The molecule has 2 amide bonds. The summed E-state index contributed by atoms with van der Waals surface area (Å²) in [6.07, 6.45) is 4.92.